The first kappa shape index (κ1) is 11.6. The van der Waals surface area contributed by atoms with E-state index in [0.717, 1.165) is 18.8 Å². The fourth-order valence-corrected chi connectivity index (χ4v) is 2.30. The molecule has 1 atom stereocenters. The number of aromatic nitrogens is 2. The number of hydrogen-bond acceptors (Lipinski definition) is 3. The zero-order valence-electron chi connectivity index (χ0n) is 10.3. The highest BCUT2D eigenvalue weighted by Crippen LogP contribution is 2.08. The normalized spacial score (nSPS) is 22.0. The third kappa shape index (κ3) is 3.06. The molecule has 4 nitrogen and oxygen atoms in total. The molecule has 0 amide bonds. The molecule has 1 aliphatic heterocycles. The average Bonchev–Trinajstić information content (AvgIpc) is 2.48. The minimum absolute atomic E-state index is 0.662. The predicted molar refractivity (Wildman–Crippen MR) is 65.3 cm³/mol. The van der Waals surface area contributed by atoms with E-state index in [2.05, 4.69) is 28.9 Å². The molecule has 0 bridgehead atoms. The highest BCUT2D eigenvalue weighted by atomic mass is 15.2. The molecule has 2 N–H and O–H groups in total. The summed E-state index contributed by atoms with van der Waals surface area (Å²) in [6, 6.07) is 0.662. The Morgan fingerprint density at radius 3 is 3.12 bits per heavy atom. The molecule has 1 aromatic rings. The van der Waals surface area contributed by atoms with E-state index in [1.54, 1.807) is 0 Å². The second-order valence-corrected chi connectivity index (χ2v) is 4.67. The van der Waals surface area contributed by atoms with E-state index in [1.807, 2.05) is 11.7 Å². The maximum absolute atomic E-state index is 4.36. The standard InChI is InChI=1S/C12H22N4/c1-10-11(9-16(2)15-10)8-14-12-4-3-6-13-7-5-12/h9,12-14H,3-8H2,1-2H3. The van der Waals surface area contributed by atoms with Crippen molar-refractivity contribution >= 4 is 0 Å². The van der Waals surface area contributed by atoms with Crippen LogP contribution < -0.4 is 10.6 Å². The summed E-state index contributed by atoms with van der Waals surface area (Å²) in [6.45, 7) is 5.34. The van der Waals surface area contributed by atoms with Crippen LogP contribution in [0.4, 0.5) is 0 Å². The molecular formula is C12H22N4. The van der Waals surface area contributed by atoms with Gasteiger partial charge in [-0.1, -0.05) is 0 Å². The van der Waals surface area contributed by atoms with Gasteiger partial charge in [0.25, 0.3) is 0 Å². The number of aryl methyl sites for hydroxylation is 2. The van der Waals surface area contributed by atoms with Crippen LogP contribution in [0.1, 0.15) is 30.5 Å². The molecular weight excluding hydrogens is 200 g/mol. The SMILES string of the molecule is Cc1nn(C)cc1CNC1CCCNCC1. The third-order valence-electron chi connectivity index (χ3n) is 3.27. The van der Waals surface area contributed by atoms with E-state index in [4.69, 9.17) is 0 Å². The Kier molecular flexibility index (Phi) is 3.96. The van der Waals surface area contributed by atoms with Crippen LogP contribution in [0.15, 0.2) is 6.20 Å². The van der Waals surface area contributed by atoms with Crippen molar-refractivity contribution in [2.45, 2.75) is 38.8 Å². The van der Waals surface area contributed by atoms with Gasteiger partial charge in [-0.05, 0) is 39.3 Å². The summed E-state index contributed by atoms with van der Waals surface area (Å²) in [5, 5.41) is 11.4. The van der Waals surface area contributed by atoms with Crippen LogP contribution in [-0.2, 0) is 13.6 Å². The van der Waals surface area contributed by atoms with E-state index in [0.29, 0.717) is 6.04 Å². The molecule has 0 spiro atoms. The lowest BCUT2D eigenvalue weighted by Gasteiger charge is -2.15. The Hall–Kier alpha value is -0.870. The average molecular weight is 222 g/mol. The van der Waals surface area contributed by atoms with Gasteiger partial charge in [-0.15, -0.1) is 0 Å². The quantitative estimate of drug-likeness (QED) is 0.800. The van der Waals surface area contributed by atoms with Crippen LogP contribution in [0.2, 0.25) is 0 Å². The molecule has 90 valence electrons. The summed E-state index contributed by atoms with van der Waals surface area (Å²) in [6.07, 6.45) is 5.91. The van der Waals surface area contributed by atoms with Gasteiger partial charge in [-0.2, -0.15) is 5.10 Å². The first-order valence-electron chi connectivity index (χ1n) is 6.19. The van der Waals surface area contributed by atoms with Gasteiger partial charge in [0, 0.05) is 31.4 Å². The maximum Gasteiger partial charge on any atom is 0.0638 e. The molecule has 2 heterocycles. The lowest BCUT2D eigenvalue weighted by atomic mass is 10.1. The lowest BCUT2D eigenvalue weighted by molar-refractivity contribution is 0.468. The zero-order valence-corrected chi connectivity index (χ0v) is 10.3. The Morgan fingerprint density at radius 2 is 2.38 bits per heavy atom. The second-order valence-electron chi connectivity index (χ2n) is 4.67. The number of nitrogens with one attached hydrogen (secondary N) is 2. The van der Waals surface area contributed by atoms with Gasteiger partial charge >= 0.3 is 0 Å². The van der Waals surface area contributed by atoms with Gasteiger partial charge in [-0.25, -0.2) is 0 Å². The van der Waals surface area contributed by atoms with Crippen molar-refractivity contribution in [3.8, 4) is 0 Å². The Morgan fingerprint density at radius 1 is 1.50 bits per heavy atom. The molecule has 1 aromatic heterocycles. The molecule has 4 heteroatoms. The largest absolute Gasteiger partial charge is 0.317 e. The molecule has 0 aromatic carbocycles. The third-order valence-corrected chi connectivity index (χ3v) is 3.27. The smallest absolute Gasteiger partial charge is 0.0638 e. The number of hydrogen-bond donors (Lipinski definition) is 2. The van der Waals surface area contributed by atoms with E-state index in [-0.39, 0.29) is 0 Å². The topological polar surface area (TPSA) is 41.9 Å². The zero-order chi connectivity index (χ0) is 11.4. The van der Waals surface area contributed by atoms with Crippen LogP contribution in [-0.4, -0.2) is 28.9 Å². The fraction of sp³-hybridized carbons (Fsp3) is 0.750. The minimum atomic E-state index is 0.662. The van der Waals surface area contributed by atoms with E-state index < -0.39 is 0 Å². The van der Waals surface area contributed by atoms with Crippen LogP contribution in [0.3, 0.4) is 0 Å². The van der Waals surface area contributed by atoms with Gasteiger partial charge in [0.05, 0.1) is 5.69 Å². The van der Waals surface area contributed by atoms with Crippen LogP contribution in [0.5, 0.6) is 0 Å². The Labute approximate surface area is 97.4 Å². The fourth-order valence-electron chi connectivity index (χ4n) is 2.30. The summed E-state index contributed by atoms with van der Waals surface area (Å²) in [5.41, 5.74) is 2.46. The molecule has 1 saturated heterocycles. The number of nitrogens with zero attached hydrogens (tertiary/aromatic N) is 2. The van der Waals surface area contributed by atoms with Gasteiger partial charge in [0.1, 0.15) is 0 Å². The van der Waals surface area contributed by atoms with Gasteiger partial charge in [0.15, 0.2) is 0 Å². The molecule has 0 radical (unpaired) electrons. The van der Waals surface area contributed by atoms with Crippen molar-refractivity contribution in [1.29, 1.82) is 0 Å². The van der Waals surface area contributed by atoms with Crippen molar-refractivity contribution in [3.05, 3.63) is 17.5 Å². The van der Waals surface area contributed by atoms with Crippen molar-refractivity contribution in [3.63, 3.8) is 0 Å². The monoisotopic (exact) mass is 222 g/mol. The molecule has 1 fully saturated rings. The minimum Gasteiger partial charge on any atom is -0.317 e. The summed E-state index contributed by atoms with van der Waals surface area (Å²) in [7, 11) is 1.98. The van der Waals surface area contributed by atoms with Crippen molar-refractivity contribution in [2.75, 3.05) is 13.1 Å². The predicted octanol–water partition coefficient (Wildman–Crippen LogP) is 0.960. The summed E-state index contributed by atoms with van der Waals surface area (Å²) in [4.78, 5) is 0. The van der Waals surface area contributed by atoms with Crippen LogP contribution in [0.25, 0.3) is 0 Å². The van der Waals surface area contributed by atoms with Crippen molar-refractivity contribution < 1.29 is 0 Å². The summed E-state index contributed by atoms with van der Waals surface area (Å²) < 4.78 is 1.89. The summed E-state index contributed by atoms with van der Waals surface area (Å²) >= 11 is 0. The first-order chi connectivity index (χ1) is 7.75. The molecule has 0 aliphatic carbocycles. The van der Waals surface area contributed by atoms with Crippen LogP contribution in [0, 0.1) is 6.92 Å². The van der Waals surface area contributed by atoms with E-state index >= 15 is 0 Å². The van der Waals surface area contributed by atoms with E-state index in [9.17, 15) is 0 Å². The van der Waals surface area contributed by atoms with Gasteiger partial charge in [-0.3, -0.25) is 4.68 Å². The van der Waals surface area contributed by atoms with Crippen molar-refractivity contribution in [2.24, 2.45) is 7.05 Å². The van der Waals surface area contributed by atoms with Gasteiger partial charge < -0.3 is 10.6 Å². The molecule has 0 saturated carbocycles. The molecule has 1 unspecified atom stereocenters. The lowest BCUT2D eigenvalue weighted by Crippen LogP contribution is -2.29. The molecule has 2 rings (SSSR count). The van der Waals surface area contributed by atoms with Gasteiger partial charge in [0.2, 0.25) is 0 Å². The molecule has 1 aliphatic rings. The van der Waals surface area contributed by atoms with E-state index in [1.165, 1.54) is 31.4 Å². The Bertz CT molecular complexity index is 324. The maximum atomic E-state index is 4.36. The number of rotatable bonds is 3. The van der Waals surface area contributed by atoms with Crippen molar-refractivity contribution in [1.82, 2.24) is 20.4 Å². The highest BCUT2D eigenvalue weighted by molar-refractivity contribution is 5.14. The van der Waals surface area contributed by atoms with Crippen LogP contribution >= 0.6 is 0 Å². The summed E-state index contributed by atoms with van der Waals surface area (Å²) in [5.74, 6) is 0. The highest BCUT2D eigenvalue weighted by Gasteiger charge is 2.12. The first-order valence-corrected chi connectivity index (χ1v) is 6.19. The Balaban J connectivity index is 1.84. The molecule has 16 heavy (non-hydrogen) atoms. The second kappa shape index (κ2) is 5.46.